The van der Waals surface area contributed by atoms with Gasteiger partial charge < -0.3 is 15.4 Å². The molecule has 1 unspecified atom stereocenters. The second kappa shape index (κ2) is 6.47. The van der Waals surface area contributed by atoms with E-state index < -0.39 is 0 Å². The Morgan fingerprint density at radius 2 is 2.23 bits per heavy atom. The largest absolute Gasteiger partial charge is 0.492 e. The van der Waals surface area contributed by atoms with Crippen LogP contribution < -0.4 is 15.4 Å². The molecule has 1 aromatic carbocycles. The highest BCUT2D eigenvalue weighted by atomic mass is 35.5. The van der Waals surface area contributed by atoms with Crippen LogP contribution in [0, 0.1) is 11.3 Å². The van der Waals surface area contributed by atoms with Gasteiger partial charge in [-0.1, -0.05) is 18.5 Å². The molecule has 1 aliphatic heterocycles. The molecule has 0 aromatic heterocycles. The van der Waals surface area contributed by atoms with E-state index in [1.54, 1.807) is 6.07 Å². The van der Waals surface area contributed by atoms with Gasteiger partial charge in [-0.15, -0.1) is 0 Å². The molecule has 1 saturated carbocycles. The van der Waals surface area contributed by atoms with Crippen LogP contribution in [-0.4, -0.2) is 25.6 Å². The van der Waals surface area contributed by atoms with Crippen LogP contribution in [0.15, 0.2) is 18.2 Å². The van der Waals surface area contributed by atoms with Crippen LogP contribution in [0.1, 0.15) is 32.6 Å². The molecule has 0 bridgehead atoms. The fraction of sp³-hybridized carbons (Fsp3) is 0.588. The molecule has 2 N–H and O–H groups in total. The molecule has 1 saturated heterocycles. The minimum Gasteiger partial charge on any atom is -0.492 e. The molecule has 4 nitrogen and oxygen atoms in total. The number of rotatable bonds is 5. The number of carbonyl (C=O) groups is 1. The van der Waals surface area contributed by atoms with Crippen molar-refractivity contribution in [1.82, 2.24) is 5.32 Å². The molecule has 2 aliphatic rings. The predicted octanol–water partition coefficient (Wildman–Crippen LogP) is 3.46. The zero-order chi connectivity index (χ0) is 15.6. The van der Waals surface area contributed by atoms with Gasteiger partial charge in [0.2, 0.25) is 5.91 Å². The van der Waals surface area contributed by atoms with Gasteiger partial charge in [0.1, 0.15) is 5.75 Å². The van der Waals surface area contributed by atoms with E-state index in [1.165, 1.54) is 0 Å². The first-order valence-corrected chi connectivity index (χ1v) is 8.46. The summed E-state index contributed by atoms with van der Waals surface area (Å²) in [4.78, 5) is 12.4. The number of amides is 1. The van der Waals surface area contributed by atoms with Crippen LogP contribution in [0.25, 0.3) is 0 Å². The van der Waals surface area contributed by atoms with Gasteiger partial charge in [0.25, 0.3) is 0 Å². The number of anilines is 1. The average Bonchev–Trinajstić information content (AvgIpc) is 3.20. The highest BCUT2D eigenvalue weighted by molar-refractivity contribution is 6.32. The van der Waals surface area contributed by atoms with Gasteiger partial charge in [0, 0.05) is 11.6 Å². The first-order valence-electron chi connectivity index (χ1n) is 8.08. The van der Waals surface area contributed by atoms with Gasteiger partial charge in [-0.05, 0) is 62.4 Å². The average molecular weight is 323 g/mol. The van der Waals surface area contributed by atoms with Crippen molar-refractivity contribution in [3.8, 4) is 5.75 Å². The van der Waals surface area contributed by atoms with Crippen molar-refractivity contribution in [3.05, 3.63) is 23.2 Å². The second-order valence-corrected chi connectivity index (χ2v) is 6.76. The van der Waals surface area contributed by atoms with E-state index in [-0.39, 0.29) is 17.2 Å². The number of ether oxygens (including phenoxy) is 1. The smallest absolute Gasteiger partial charge is 0.228 e. The summed E-state index contributed by atoms with van der Waals surface area (Å²) in [6, 6.07) is 5.44. The van der Waals surface area contributed by atoms with Gasteiger partial charge >= 0.3 is 0 Å². The Hall–Kier alpha value is -1.26. The lowest BCUT2D eigenvalue weighted by Crippen LogP contribution is -2.31. The molecule has 22 heavy (non-hydrogen) atoms. The monoisotopic (exact) mass is 322 g/mol. The third-order valence-corrected chi connectivity index (χ3v) is 5.06. The molecule has 1 aliphatic carbocycles. The second-order valence-electron chi connectivity index (χ2n) is 6.35. The minimum absolute atomic E-state index is 0.125. The number of halogens is 1. The van der Waals surface area contributed by atoms with Crippen molar-refractivity contribution in [2.75, 3.05) is 25.0 Å². The van der Waals surface area contributed by atoms with Gasteiger partial charge in [0.05, 0.1) is 11.6 Å². The molecule has 5 heteroatoms. The molecular formula is C17H23ClN2O2. The van der Waals surface area contributed by atoms with Crippen molar-refractivity contribution < 1.29 is 9.53 Å². The fourth-order valence-corrected chi connectivity index (χ4v) is 3.57. The molecule has 3 rings (SSSR count). The minimum atomic E-state index is 0.125. The third kappa shape index (κ3) is 3.23. The summed E-state index contributed by atoms with van der Waals surface area (Å²) in [7, 11) is 0. The molecule has 1 aromatic rings. The van der Waals surface area contributed by atoms with Crippen LogP contribution in [0.5, 0.6) is 5.75 Å². The SMILES string of the molecule is CCCOc1ccc(NC(=O)C2CC23CCNCC3)cc1Cl. The lowest BCUT2D eigenvalue weighted by Gasteiger charge is -2.23. The summed E-state index contributed by atoms with van der Waals surface area (Å²) in [6.45, 7) is 4.75. The van der Waals surface area contributed by atoms with Crippen molar-refractivity contribution in [2.45, 2.75) is 32.6 Å². The predicted molar refractivity (Wildman–Crippen MR) is 88.5 cm³/mol. The Morgan fingerprint density at radius 1 is 1.45 bits per heavy atom. The van der Waals surface area contributed by atoms with E-state index in [0.717, 1.165) is 44.5 Å². The van der Waals surface area contributed by atoms with E-state index >= 15 is 0 Å². The Balaban J connectivity index is 1.59. The Kier molecular flexibility index (Phi) is 4.59. The molecule has 1 amide bonds. The van der Waals surface area contributed by atoms with E-state index in [9.17, 15) is 4.79 Å². The highest BCUT2D eigenvalue weighted by Crippen LogP contribution is 2.58. The molecule has 1 heterocycles. The summed E-state index contributed by atoms with van der Waals surface area (Å²) < 4.78 is 5.54. The highest BCUT2D eigenvalue weighted by Gasteiger charge is 2.57. The Morgan fingerprint density at radius 3 is 2.91 bits per heavy atom. The first-order chi connectivity index (χ1) is 10.6. The number of hydrogen-bond donors (Lipinski definition) is 2. The lowest BCUT2D eigenvalue weighted by molar-refractivity contribution is -0.118. The molecule has 2 fully saturated rings. The molecule has 120 valence electrons. The van der Waals surface area contributed by atoms with E-state index in [0.29, 0.717) is 17.4 Å². The first kappa shape index (κ1) is 15.6. The zero-order valence-electron chi connectivity index (χ0n) is 13.0. The number of nitrogens with one attached hydrogen (secondary N) is 2. The maximum absolute atomic E-state index is 12.4. The van der Waals surface area contributed by atoms with Crippen molar-refractivity contribution >= 4 is 23.2 Å². The standard InChI is InChI=1S/C17H23ClN2O2/c1-2-9-22-15-4-3-12(10-14(15)18)20-16(21)13-11-17(13)5-7-19-8-6-17/h3-4,10,13,19H,2,5-9,11H2,1H3,(H,20,21). The summed E-state index contributed by atoms with van der Waals surface area (Å²) in [5, 5.41) is 6.90. The molecule has 1 atom stereocenters. The topological polar surface area (TPSA) is 50.4 Å². The lowest BCUT2D eigenvalue weighted by atomic mass is 9.92. The summed E-state index contributed by atoms with van der Waals surface area (Å²) in [5.41, 5.74) is 0.998. The van der Waals surface area contributed by atoms with Crippen LogP contribution in [-0.2, 0) is 4.79 Å². The number of carbonyl (C=O) groups excluding carboxylic acids is 1. The van der Waals surface area contributed by atoms with Crippen LogP contribution >= 0.6 is 11.6 Å². The van der Waals surface area contributed by atoms with Crippen molar-refractivity contribution in [2.24, 2.45) is 11.3 Å². The zero-order valence-corrected chi connectivity index (χ0v) is 13.7. The van der Waals surface area contributed by atoms with Crippen LogP contribution in [0.4, 0.5) is 5.69 Å². The number of hydrogen-bond acceptors (Lipinski definition) is 3. The van der Waals surface area contributed by atoms with Crippen LogP contribution in [0.3, 0.4) is 0 Å². The molecular weight excluding hydrogens is 300 g/mol. The maximum Gasteiger partial charge on any atom is 0.228 e. The van der Waals surface area contributed by atoms with Gasteiger partial charge in [-0.25, -0.2) is 0 Å². The molecule has 1 spiro atoms. The van der Waals surface area contributed by atoms with Gasteiger partial charge in [-0.3, -0.25) is 4.79 Å². The third-order valence-electron chi connectivity index (χ3n) is 4.77. The molecule has 0 radical (unpaired) electrons. The van der Waals surface area contributed by atoms with Crippen molar-refractivity contribution in [1.29, 1.82) is 0 Å². The summed E-state index contributed by atoms with van der Waals surface area (Å²) >= 11 is 6.20. The van der Waals surface area contributed by atoms with E-state index in [1.807, 2.05) is 12.1 Å². The Bertz CT molecular complexity index is 556. The normalized spacial score (nSPS) is 22.4. The summed E-state index contributed by atoms with van der Waals surface area (Å²) in [6.07, 6.45) is 4.17. The quantitative estimate of drug-likeness (QED) is 0.873. The maximum atomic E-state index is 12.4. The van der Waals surface area contributed by atoms with Crippen LogP contribution in [0.2, 0.25) is 5.02 Å². The Labute approximate surface area is 136 Å². The number of piperidine rings is 1. The summed E-state index contributed by atoms with van der Waals surface area (Å²) in [5.74, 6) is 0.951. The van der Waals surface area contributed by atoms with E-state index in [4.69, 9.17) is 16.3 Å². The van der Waals surface area contributed by atoms with Crippen molar-refractivity contribution in [3.63, 3.8) is 0 Å². The number of benzene rings is 1. The van der Waals surface area contributed by atoms with Gasteiger partial charge in [0.15, 0.2) is 0 Å². The van der Waals surface area contributed by atoms with Gasteiger partial charge in [-0.2, -0.15) is 0 Å². The fourth-order valence-electron chi connectivity index (χ4n) is 3.33. The van der Waals surface area contributed by atoms with E-state index in [2.05, 4.69) is 17.6 Å².